The second-order valence-corrected chi connectivity index (χ2v) is 4.01. The van der Waals surface area contributed by atoms with E-state index in [1.165, 1.54) is 6.20 Å². The summed E-state index contributed by atoms with van der Waals surface area (Å²) < 4.78 is 8.88. The molecule has 0 fully saturated rings. The van der Waals surface area contributed by atoms with Gasteiger partial charge in [-0.15, -0.1) is 5.10 Å². The van der Waals surface area contributed by atoms with Crippen LogP contribution in [-0.4, -0.2) is 22.1 Å². The zero-order chi connectivity index (χ0) is 12.8. The third-order valence-electron chi connectivity index (χ3n) is 1.99. The van der Waals surface area contributed by atoms with Gasteiger partial charge in [0.2, 0.25) is 0 Å². The first-order valence-electron chi connectivity index (χ1n) is 4.99. The Morgan fingerprint density at radius 3 is 3.06 bits per heavy atom. The van der Waals surface area contributed by atoms with E-state index in [1.807, 2.05) is 6.07 Å². The highest BCUT2D eigenvalue weighted by Gasteiger charge is 2.07. The predicted octanol–water partition coefficient (Wildman–Crippen LogP) is 1.43. The zero-order valence-electron chi connectivity index (χ0n) is 9.16. The molecule has 1 N–H and O–H groups in total. The summed E-state index contributed by atoms with van der Waals surface area (Å²) in [6.45, 7) is -0.170. The number of amides is 1. The topological polar surface area (TPSA) is 87.9 Å². The van der Waals surface area contributed by atoms with Crippen LogP contribution in [0.5, 0.6) is 5.75 Å². The van der Waals surface area contributed by atoms with Crippen molar-refractivity contribution in [2.75, 3.05) is 11.9 Å². The molecule has 0 saturated heterocycles. The van der Waals surface area contributed by atoms with Gasteiger partial charge in [-0.25, -0.2) is 0 Å². The maximum absolute atomic E-state index is 11.5. The zero-order valence-corrected chi connectivity index (χ0v) is 9.98. The first-order chi connectivity index (χ1) is 8.79. The van der Waals surface area contributed by atoms with Gasteiger partial charge >= 0.3 is 0 Å². The number of aromatic nitrogens is 2. The number of hydrogen-bond donors (Lipinski definition) is 1. The van der Waals surface area contributed by atoms with Crippen LogP contribution < -0.4 is 10.1 Å². The lowest BCUT2D eigenvalue weighted by atomic mass is 10.2. The summed E-state index contributed by atoms with van der Waals surface area (Å²) in [5, 5.41) is 15.6. The molecule has 1 aromatic carbocycles. The highest BCUT2D eigenvalue weighted by Crippen LogP contribution is 2.16. The van der Waals surface area contributed by atoms with Crippen molar-refractivity contribution in [3.05, 3.63) is 36.0 Å². The molecule has 1 aromatic heterocycles. The third kappa shape index (κ3) is 3.02. The average molecular weight is 260 g/mol. The highest BCUT2D eigenvalue weighted by atomic mass is 32.1. The van der Waals surface area contributed by atoms with Crippen molar-refractivity contribution >= 4 is 22.4 Å². The van der Waals surface area contributed by atoms with E-state index in [0.717, 1.165) is 11.5 Å². The molecular weight excluding hydrogens is 252 g/mol. The minimum atomic E-state index is -0.325. The van der Waals surface area contributed by atoms with Gasteiger partial charge in [-0.1, -0.05) is 16.6 Å². The number of carbonyl (C=O) groups is 1. The molecule has 2 rings (SSSR count). The summed E-state index contributed by atoms with van der Waals surface area (Å²) in [5.74, 6) is 0.0615. The van der Waals surface area contributed by atoms with Gasteiger partial charge in [0.15, 0.2) is 6.61 Å². The van der Waals surface area contributed by atoms with Crippen LogP contribution in [0.3, 0.4) is 0 Å². The average Bonchev–Trinajstić information content (AvgIpc) is 2.89. The van der Waals surface area contributed by atoms with E-state index in [9.17, 15) is 4.79 Å². The number of rotatable bonds is 4. The van der Waals surface area contributed by atoms with Gasteiger partial charge in [0.1, 0.15) is 16.8 Å². The fraction of sp³-hybridized carbons (Fsp3) is 0.0909. The largest absolute Gasteiger partial charge is 0.482 e. The number of para-hydroxylation sites is 1. The Kier molecular flexibility index (Phi) is 3.83. The molecule has 0 unspecified atom stereocenters. The van der Waals surface area contributed by atoms with E-state index in [-0.39, 0.29) is 12.5 Å². The molecule has 0 spiro atoms. The molecule has 1 amide bonds. The quantitative estimate of drug-likeness (QED) is 0.898. The van der Waals surface area contributed by atoms with Crippen molar-refractivity contribution < 1.29 is 9.53 Å². The van der Waals surface area contributed by atoms with Crippen LogP contribution in [0.25, 0.3) is 0 Å². The van der Waals surface area contributed by atoms with Crippen LogP contribution in [0.15, 0.2) is 30.5 Å². The van der Waals surface area contributed by atoms with Crippen molar-refractivity contribution in [1.29, 1.82) is 5.26 Å². The summed E-state index contributed by atoms with van der Waals surface area (Å²) in [7, 11) is 0. The summed E-state index contributed by atoms with van der Waals surface area (Å²) in [6, 6.07) is 8.72. The number of nitriles is 1. The van der Waals surface area contributed by atoms with Crippen LogP contribution >= 0.6 is 11.5 Å². The van der Waals surface area contributed by atoms with Gasteiger partial charge in [-0.05, 0) is 12.1 Å². The Morgan fingerprint density at radius 2 is 2.33 bits per heavy atom. The van der Waals surface area contributed by atoms with Crippen LogP contribution in [0, 0.1) is 11.3 Å². The summed E-state index contributed by atoms with van der Waals surface area (Å²) >= 11 is 1.08. The summed E-state index contributed by atoms with van der Waals surface area (Å²) in [6.07, 6.45) is 1.45. The number of ether oxygens (including phenoxy) is 1. The Labute approximate surface area is 107 Å². The first kappa shape index (κ1) is 12.0. The van der Waals surface area contributed by atoms with E-state index < -0.39 is 0 Å². The number of nitrogens with zero attached hydrogens (tertiary/aromatic N) is 3. The van der Waals surface area contributed by atoms with Gasteiger partial charge < -0.3 is 10.1 Å². The normalized spacial score (nSPS) is 9.50. The Morgan fingerprint density at radius 1 is 1.50 bits per heavy atom. The Hall–Kier alpha value is -2.46. The van der Waals surface area contributed by atoms with Crippen molar-refractivity contribution in [3.63, 3.8) is 0 Å². The predicted molar refractivity (Wildman–Crippen MR) is 65.2 cm³/mol. The minimum Gasteiger partial charge on any atom is -0.482 e. The molecule has 0 aliphatic rings. The smallest absolute Gasteiger partial charge is 0.262 e. The van der Waals surface area contributed by atoms with Crippen LogP contribution in [0.4, 0.5) is 5.00 Å². The van der Waals surface area contributed by atoms with Gasteiger partial charge in [0.25, 0.3) is 5.91 Å². The molecule has 90 valence electrons. The van der Waals surface area contributed by atoms with Crippen LogP contribution in [0.1, 0.15) is 5.56 Å². The lowest BCUT2D eigenvalue weighted by Crippen LogP contribution is -2.19. The Bertz CT molecular complexity index is 577. The maximum atomic E-state index is 11.5. The number of hydrogen-bond acceptors (Lipinski definition) is 6. The van der Waals surface area contributed by atoms with E-state index >= 15 is 0 Å². The number of benzene rings is 1. The lowest BCUT2D eigenvalue weighted by molar-refractivity contribution is -0.118. The molecule has 0 bridgehead atoms. The van der Waals surface area contributed by atoms with E-state index in [1.54, 1.807) is 24.3 Å². The molecular formula is C11H8N4O2S. The molecule has 0 saturated carbocycles. The standard InChI is InChI=1S/C11H8N4O2S/c12-5-8-3-1-2-4-9(8)17-7-10(16)14-11-6-13-15-18-11/h1-4,6H,7H2,(H,14,16). The second kappa shape index (κ2) is 5.75. The molecule has 1 heterocycles. The number of nitrogens with one attached hydrogen (secondary N) is 1. The Balaban J connectivity index is 1.92. The van der Waals surface area contributed by atoms with Crippen LogP contribution in [0.2, 0.25) is 0 Å². The van der Waals surface area contributed by atoms with E-state index in [4.69, 9.17) is 10.00 Å². The van der Waals surface area contributed by atoms with E-state index in [0.29, 0.717) is 16.3 Å². The van der Waals surface area contributed by atoms with Crippen molar-refractivity contribution in [2.24, 2.45) is 0 Å². The van der Waals surface area contributed by atoms with Gasteiger partial charge in [0, 0.05) is 11.5 Å². The first-order valence-corrected chi connectivity index (χ1v) is 5.76. The fourth-order valence-electron chi connectivity index (χ4n) is 1.22. The third-order valence-corrected chi connectivity index (χ3v) is 2.57. The van der Waals surface area contributed by atoms with Crippen molar-refractivity contribution in [3.8, 4) is 11.8 Å². The van der Waals surface area contributed by atoms with Crippen molar-refractivity contribution in [2.45, 2.75) is 0 Å². The van der Waals surface area contributed by atoms with Crippen LogP contribution in [-0.2, 0) is 4.79 Å². The molecule has 2 aromatic rings. The molecule has 7 heteroatoms. The SMILES string of the molecule is N#Cc1ccccc1OCC(=O)Nc1cnns1. The highest BCUT2D eigenvalue weighted by molar-refractivity contribution is 7.10. The van der Waals surface area contributed by atoms with Gasteiger partial charge in [-0.2, -0.15) is 5.26 Å². The molecule has 0 radical (unpaired) electrons. The molecule has 6 nitrogen and oxygen atoms in total. The van der Waals surface area contributed by atoms with Crippen molar-refractivity contribution in [1.82, 2.24) is 9.59 Å². The maximum Gasteiger partial charge on any atom is 0.262 e. The summed E-state index contributed by atoms with van der Waals surface area (Å²) in [4.78, 5) is 11.5. The molecule has 0 aliphatic carbocycles. The summed E-state index contributed by atoms with van der Waals surface area (Å²) in [5.41, 5.74) is 0.393. The monoisotopic (exact) mass is 260 g/mol. The number of anilines is 1. The fourth-order valence-corrected chi connectivity index (χ4v) is 1.66. The molecule has 18 heavy (non-hydrogen) atoms. The molecule has 0 aliphatic heterocycles. The van der Waals surface area contributed by atoms with Gasteiger partial charge in [0.05, 0.1) is 11.8 Å². The minimum absolute atomic E-state index is 0.170. The second-order valence-electron chi connectivity index (χ2n) is 3.23. The lowest BCUT2D eigenvalue weighted by Gasteiger charge is -2.06. The molecule has 0 atom stereocenters. The van der Waals surface area contributed by atoms with Gasteiger partial charge in [-0.3, -0.25) is 4.79 Å². The number of carbonyl (C=O) groups excluding carboxylic acids is 1. The van der Waals surface area contributed by atoms with E-state index in [2.05, 4.69) is 14.9 Å².